The molecule has 1 aliphatic rings. The van der Waals surface area contributed by atoms with Gasteiger partial charge in [0, 0.05) is 37.3 Å². The van der Waals surface area contributed by atoms with Gasteiger partial charge in [-0.2, -0.15) is 18.3 Å². The smallest absolute Gasteiger partial charge is 0.416 e. The summed E-state index contributed by atoms with van der Waals surface area (Å²) in [5, 5.41) is 9.62. The van der Waals surface area contributed by atoms with Crippen LogP contribution in [0.25, 0.3) is 11.1 Å². The first kappa shape index (κ1) is 33.5. The van der Waals surface area contributed by atoms with Gasteiger partial charge in [0.1, 0.15) is 29.2 Å². The van der Waals surface area contributed by atoms with Gasteiger partial charge in [0.05, 0.1) is 11.1 Å². The monoisotopic (exact) mass is 631 g/mol. The maximum Gasteiger partial charge on any atom is 0.416 e. The van der Waals surface area contributed by atoms with Gasteiger partial charge < -0.3 is 25.4 Å². The number of carbonyl (C=O) groups excluding carboxylic acids is 2. The number of alkyl halides is 3. The van der Waals surface area contributed by atoms with E-state index in [4.69, 9.17) is 15.2 Å². The number of nitrogens with two attached hydrogens (primary N) is 1. The standard InChI is InChI=1S/C31H40F3N7O4/c1-29(2,3)44-27(42)24-22(16-39-40-24)23-25(35)37-17-38-26(23)41-13-11-19(12-14-41)21(15-36-28(43)45-30(4,5)6)18-7-9-20(10-8-18)31(32,33)34/h7-10,16-17,19,21H,11-15H2,1-6H3,(H,36,43)(H,39,40)(H2,35,37,38). The molecule has 0 spiro atoms. The normalized spacial score (nSPS) is 15.4. The predicted molar refractivity (Wildman–Crippen MR) is 163 cm³/mol. The molecule has 1 atom stereocenters. The van der Waals surface area contributed by atoms with Gasteiger partial charge in [-0.1, -0.05) is 12.1 Å². The van der Waals surface area contributed by atoms with Gasteiger partial charge in [-0.3, -0.25) is 5.10 Å². The fourth-order valence-electron chi connectivity index (χ4n) is 5.35. The Morgan fingerprint density at radius 2 is 1.64 bits per heavy atom. The number of anilines is 2. The number of esters is 1. The fraction of sp³-hybridized carbons (Fsp3) is 0.516. The molecular formula is C31H40F3N7O4. The van der Waals surface area contributed by atoms with Crippen LogP contribution >= 0.6 is 0 Å². The van der Waals surface area contributed by atoms with Crippen LogP contribution in [0, 0.1) is 5.92 Å². The first-order valence-corrected chi connectivity index (χ1v) is 14.7. The summed E-state index contributed by atoms with van der Waals surface area (Å²) in [7, 11) is 0. The van der Waals surface area contributed by atoms with Gasteiger partial charge in [0.25, 0.3) is 0 Å². The van der Waals surface area contributed by atoms with E-state index in [-0.39, 0.29) is 29.9 Å². The Morgan fingerprint density at radius 1 is 1.02 bits per heavy atom. The molecule has 2 aromatic heterocycles. The molecule has 244 valence electrons. The number of rotatable bonds is 7. The topological polar surface area (TPSA) is 148 Å². The first-order valence-electron chi connectivity index (χ1n) is 14.7. The lowest BCUT2D eigenvalue weighted by Gasteiger charge is -2.37. The second-order valence-electron chi connectivity index (χ2n) is 13.0. The van der Waals surface area contributed by atoms with E-state index in [1.165, 1.54) is 18.5 Å². The van der Waals surface area contributed by atoms with Crippen molar-refractivity contribution < 1.29 is 32.2 Å². The number of halogens is 3. The van der Waals surface area contributed by atoms with Crippen LogP contribution in [0.5, 0.6) is 0 Å². The molecule has 3 heterocycles. The third-order valence-corrected chi connectivity index (χ3v) is 7.30. The Kier molecular flexibility index (Phi) is 9.64. The summed E-state index contributed by atoms with van der Waals surface area (Å²) in [6.07, 6.45) is -0.885. The van der Waals surface area contributed by atoms with E-state index in [0.717, 1.165) is 12.1 Å². The maximum atomic E-state index is 13.3. The molecule has 3 aromatic rings. The molecule has 4 rings (SSSR count). The summed E-state index contributed by atoms with van der Waals surface area (Å²) in [5.41, 5.74) is 5.73. The number of hydrogen-bond donors (Lipinski definition) is 3. The highest BCUT2D eigenvalue weighted by atomic mass is 19.4. The van der Waals surface area contributed by atoms with Gasteiger partial charge in [0.15, 0.2) is 5.69 Å². The number of nitrogen functional groups attached to an aromatic ring is 1. The number of hydrogen-bond acceptors (Lipinski definition) is 9. The lowest BCUT2D eigenvalue weighted by molar-refractivity contribution is -0.137. The second-order valence-corrected chi connectivity index (χ2v) is 13.0. The summed E-state index contributed by atoms with van der Waals surface area (Å²) in [6.45, 7) is 11.8. The van der Waals surface area contributed by atoms with Crippen LogP contribution in [0.3, 0.4) is 0 Å². The first-order chi connectivity index (χ1) is 20.9. The van der Waals surface area contributed by atoms with E-state index < -0.39 is 35.0 Å². The van der Waals surface area contributed by atoms with Crippen molar-refractivity contribution in [2.45, 2.75) is 77.7 Å². The molecule has 1 unspecified atom stereocenters. The number of carbonyl (C=O) groups is 2. The van der Waals surface area contributed by atoms with Crippen molar-refractivity contribution in [2.24, 2.45) is 5.92 Å². The number of alkyl carbamates (subject to hydrolysis) is 1. The predicted octanol–water partition coefficient (Wildman–Crippen LogP) is 5.95. The van der Waals surface area contributed by atoms with Crippen molar-refractivity contribution in [3.05, 3.63) is 53.6 Å². The number of aromatic amines is 1. The highest BCUT2D eigenvalue weighted by Crippen LogP contribution is 2.39. The number of H-pyrrole nitrogens is 1. The minimum atomic E-state index is -4.45. The molecular weight excluding hydrogens is 591 g/mol. The lowest BCUT2D eigenvalue weighted by atomic mass is 9.79. The summed E-state index contributed by atoms with van der Waals surface area (Å²) >= 11 is 0. The average molecular weight is 632 g/mol. The molecule has 4 N–H and O–H groups in total. The van der Waals surface area contributed by atoms with Crippen molar-refractivity contribution in [3.63, 3.8) is 0 Å². The number of benzene rings is 1. The number of amides is 1. The maximum absolute atomic E-state index is 13.3. The van der Waals surface area contributed by atoms with Crippen LogP contribution < -0.4 is 16.0 Å². The number of nitrogens with one attached hydrogen (secondary N) is 2. The zero-order valence-electron chi connectivity index (χ0n) is 26.3. The third kappa shape index (κ3) is 8.64. The number of aromatic nitrogens is 4. The Bertz CT molecular complexity index is 1490. The fourth-order valence-corrected chi connectivity index (χ4v) is 5.35. The molecule has 45 heavy (non-hydrogen) atoms. The molecule has 0 radical (unpaired) electrons. The van der Waals surface area contributed by atoms with Gasteiger partial charge in [0.2, 0.25) is 0 Å². The van der Waals surface area contributed by atoms with Crippen LogP contribution in [0.15, 0.2) is 36.8 Å². The van der Waals surface area contributed by atoms with E-state index in [1.807, 2.05) is 4.90 Å². The largest absolute Gasteiger partial charge is 0.455 e. The van der Waals surface area contributed by atoms with Crippen molar-refractivity contribution in [1.82, 2.24) is 25.5 Å². The van der Waals surface area contributed by atoms with Gasteiger partial charge in [-0.15, -0.1) is 0 Å². The van der Waals surface area contributed by atoms with Crippen LogP contribution in [0.4, 0.5) is 29.6 Å². The summed E-state index contributed by atoms with van der Waals surface area (Å²) in [4.78, 5) is 36.1. The highest BCUT2D eigenvalue weighted by molar-refractivity contribution is 5.99. The van der Waals surface area contributed by atoms with Crippen LogP contribution in [0.1, 0.15) is 81.9 Å². The van der Waals surface area contributed by atoms with Gasteiger partial charge in [-0.05, 0) is 78.0 Å². The third-order valence-electron chi connectivity index (χ3n) is 7.30. The molecule has 1 saturated heterocycles. The van der Waals surface area contributed by atoms with Crippen molar-refractivity contribution >= 4 is 23.7 Å². The molecule has 11 nitrogen and oxygen atoms in total. The van der Waals surface area contributed by atoms with E-state index in [1.54, 1.807) is 47.7 Å². The van der Waals surface area contributed by atoms with E-state index in [0.29, 0.717) is 48.4 Å². The Labute approximate surface area is 260 Å². The summed E-state index contributed by atoms with van der Waals surface area (Å²) in [6, 6.07) is 5.07. The Hall–Kier alpha value is -4.36. The number of ether oxygens (including phenoxy) is 2. The second kappa shape index (κ2) is 12.9. The molecule has 1 amide bonds. The van der Waals surface area contributed by atoms with Crippen molar-refractivity contribution in [3.8, 4) is 11.1 Å². The zero-order valence-corrected chi connectivity index (χ0v) is 26.3. The molecule has 0 bridgehead atoms. The van der Waals surface area contributed by atoms with Gasteiger partial charge >= 0.3 is 18.2 Å². The minimum Gasteiger partial charge on any atom is -0.455 e. The van der Waals surface area contributed by atoms with Crippen LogP contribution in [-0.4, -0.2) is 63.1 Å². The van der Waals surface area contributed by atoms with Gasteiger partial charge in [-0.25, -0.2) is 19.6 Å². The summed E-state index contributed by atoms with van der Waals surface area (Å²) < 4.78 is 50.7. The molecule has 14 heteroatoms. The lowest BCUT2D eigenvalue weighted by Crippen LogP contribution is -2.40. The molecule has 1 aliphatic heterocycles. The summed E-state index contributed by atoms with van der Waals surface area (Å²) in [5.74, 6) is -0.197. The van der Waals surface area contributed by atoms with Crippen molar-refractivity contribution in [2.75, 3.05) is 30.3 Å². The molecule has 1 fully saturated rings. The van der Waals surface area contributed by atoms with E-state index in [2.05, 4.69) is 25.5 Å². The van der Waals surface area contributed by atoms with Crippen LogP contribution in [0.2, 0.25) is 0 Å². The van der Waals surface area contributed by atoms with Crippen LogP contribution in [-0.2, 0) is 15.7 Å². The average Bonchev–Trinajstić information content (AvgIpc) is 3.41. The number of piperidine rings is 1. The Balaban J connectivity index is 1.57. The highest BCUT2D eigenvalue weighted by Gasteiger charge is 2.34. The minimum absolute atomic E-state index is 0.0156. The molecule has 0 saturated carbocycles. The molecule has 0 aliphatic carbocycles. The van der Waals surface area contributed by atoms with Crippen molar-refractivity contribution in [1.29, 1.82) is 0 Å². The quantitative estimate of drug-likeness (QED) is 0.269. The number of nitrogens with zero attached hydrogens (tertiary/aromatic N) is 4. The SMILES string of the molecule is CC(C)(C)OC(=O)NCC(c1ccc(C(F)(F)F)cc1)C1CCN(c2ncnc(N)c2-c2c[nH]nc2C(=O)OC(C)(C)C)CC1. The van der Waals surface area contributed by atoms with E-state index in [9.17, 15) is 22.8 Å². The Morgan fingerprint density at radius 3 is 2.22 bits per heavy atom. The van der Waals surface area contributed by atoms with E-state index >= 15 is 0 Å². The zero-order chi connectivity index (χ0) is 33.2. The molecule has 1 aromatic carbocycles.